The number of carboxylic acid groups (broad SMARTS) is 1. The van der Waals surface area contributed by atoms with Gasteiger partial charge in [-0.2, -0.15) is 0 Å². The van der Waals surface area contributed by atoms with Gasteiger partial charge in [0.2, 0.25) is 5.91 Å². The van der Waals surface area contributed by atoms with Crippen LogP contribution in [0.25, 0.3) is 0 Å². The van der Waals surface area contributed by atoms with Gasteiger partial charge in [0.05, 0.1) is 5.75 Å². The molecule has 1 aromatic carbocycles. The van der Waals surface area contributed by atoms with Crippen LogP contribution in [0.2, 0.25) is 5.02 Å². The number of hydrogen-bond acceptors (Lipinski definition) is 3. The van der Waals surface area contributed by atoms with E-state index in [0.717, 1.165) is 11.3 Å². The molecular formula is C14H18ClNO3S. The van der Waals surface area contributed by atoms with Gasteiger partial charge in [-0.05, 0) is 24.1 Å². The van der Waals surface area contributed by atoms with Gasteiger partial charge in [0.15, 0.2) is 0 Å². The van der Waals surface area contributed by atoms with Crippen molar-refractivity contribution in [1.82, 2.24) is 4.90 Å². The summed E-state index contributed by atoms with van der Waals surface area (Å²) in [5.41, 5.74) is 1.09. The number of hydrogen-bond donors (Lipinski definition) is 1. The zero-order valence-corrected chi connectivity index (χ0v) is 12.9. The van der Waals surface area contributed by atoms with Crippen molar-refractivity contribution in [3.8, 4) is 0 Å². The first-order chi connectivity index (χ1) is 9.49. The topological polar surface area (TPSA) is 57.6 Å². The Morgan fingerprint density at radius 1 is 1.40 bits per heavy atom. The minimum Gasteiger partial charge on any atom is -0.481 e. The number of aliphatic carboxylic acids is 1. The number of halogens is 1. The molecule has 0 fully saturated rings. The molecule has 1 aromatic rings. The third kappa shape index (κ3) is 6.82. The highest BCUT2D eigenvalue weighted by Crippen LogP contribution is 2.16. The lowest BCUT2D eigenvalue weighted by atomic mass is 10.2. The molecule has 0 bridgehead atoms. The van der Waals surface area contributed by atoms with Crippen LogP contribution in [-0.2, 0) is 15.3 Å². The van der Waals surface area contributed by atoms with Crippen molar-refractivity contribution in [2.24, 2.45) is 0 Å². The Kier molecular flexibility index (Phi) is 7.47. The van der Waals surface area contributed by atoms with Gasteiger partial charge in [-0.25, -0.2) is 0 Å². The summed E-state index contributed by atoms with van der Waals surface area (Å²) in [6.07, 6.45) is 0.573. The number of carboxylic acids is 1. The van der Waals surface area contributed by atoms with Crippen LogP contribution in [0.4, 0.5) is 0 Å². The fourth-order valence-electron chi connectivity index (χ4n) is 1.59. The van der Waals surface area contributed by atoms with Gasteiger partial charge >= 0.3 is 5.97 Å². The van der Waals surface area contributed by atoms with Gasteiger partial charge in [-0.1, -0.05) is 23.7 Å². The van der Waals surface area contributed by atoms with Gasteiger partial charge in [0.25, 0.3) is 0 Å². The Balaban J connectivity index is 2.23. The first-order valence-electron chi connectivity index (χ1n) is 6.27. The third-order valence-corrected chi connectivity index (χ3v) is 3.92. The molecule has 0 unspecified atom stereocenters. The average Bonchev–Trinajstić information content (AvgIpc) is 2.38. The first kappa shape index (κ1) is 16.9. The summed E-state index contributed by atoms with van der Waals surface area (Å²) >= 11 is 7.41. The van der Waals surface area contributed by atoms with Gasteiger partial charge in [0.1, 0.15) is 0 Å². The molecule has 0 aliphatic heterocycles. The van der Waals surface area contributed by atoms with Crippen LogP contribution in [0.15, 0.2) is 24.3 Å². The fourth-order valence-corrected chi connectivity index (χ4v) is 2.71. The lowest BCUT2D eigenvalue weighted by Gasteiger charge is -2.16. The van der Waals surface area contributed by atoms with Crippen LogP contribution in [0, 0.1) is 0 Å². The standard InChI is InChI=1S/C14H18ClNO3S/c1-16(7-3-6-14(18)19)13(17)10-20-9-11-4-2-5-12(15)8-11/h2,4-5,8H,3,6-7,9-10H2,1H3,(H,18,19). The molecule has 4 nitrogen and oxygen atoms in total. The van der Waals surface area contributed by atoms with E-state index in [1.54, 1.807) is 11.9 Å². The van der Waals surface area contributed by atoms with Gasteiger partial charge in [-0.15, -0.1) is 11.8 Å². The Morgan fingerprint density at radius 2 is 2.15 bits per heavy atom. The molecule has 110 valence electrons. The molecule has 0 heterocycles. The molecule has 6 heteroatoms. The molecule has 20 heavy (non-hydrogen) atoms. The molecule has 0 saturated carbocycles. The van der Waals surface area contributed by atoms with Crippen molar-refractivity contribution in [3.05, 3.63) is 34.9 Å². The predicted molar refractivity (Wildman–Crippen MR) is 82.1 cm³/mol. The molecule has 0 saturated heterocycles. The van der Waals surface area contributed by atoms with Crippen LogP contribution in [0.1, 0.15) is 18.4 Å². The SMILES string of the molecule is CN(CCCC(=O)O)C(=O)CSCc1cccc(Cl)c1. The summed E-state index contributed by atoms with van der Waals surface area (Å²) in [7, 11) is 1.70. The van der Waals surface area contributed by atoms with Crippen molar-refractivity contribution >= 4 is 35.2 Å². The second-order valence-corrected chi connectivity index (χ2v) is 5.86. The average molecular weight is 316 g/mol. The van der Waals surface area contributed by atoms with E-state index in [1.807, 2.05) is 24.3 Å². The number of nitrogens with zero attached hydrogens (tertiary/aromatic N) is 1. The molecular weight excluding hydrogens is 298 g/mol. The number of benzene rings is 1. The predicted octanol–water partition coefficient (Wildman–Crippen LogP) is 2.90. The Bertz CT molecular complexity index is 467. The normalized spacial score (nSPS) is 10.3. The monoisotopic (exact) mass is 315 g/mol. The summed E-state index contributed by atoms with van der Waals surface area (Å²) in [4.78, 5) is 23.8. The highest BCUT2D eigenvalue weighted by atomic mass is 35.5. The maximum atomic E-state index is 11.8. The van der Waals surface area contributed by atoms with Crippen LogP contribution in [0.3, 0.4) is 0 Å². The van der Waals surface area contributed by atoms with Crippen molar-refractivity contribution in [2.75, 3.05) is 19.3 Å². The molecule has 0 atom stereocenters. The van der Waals surface area contributed by atoms with Crippen LogP contribution < -0.4 is 0 Å². The van der Waals surface area contributed by atoms with Crippen molar-refractivity contribution in [2.45, 2.75) is 18.6 Å². The molecule has 1 rings (SSSR count). The molecule has 0 radical (unpaired) electrons. The molecule has 0 aliphatic rings. The van der Waals surface area contributed by atoms with E-state index in [9.17, 15) is 9.59 Å². The summed E-state index contributed by atoms with van der Waals surface area (Å²) in [5.74, 6) is 0.300. The number of rotatable bonds is 8. The van der Waals surface area contributed by atoms with E-state index in [2.05, 4.69) is 0 Å². The molecule has 0 aromatic heterocycles. The van der Waals surface area contributed by atoms with Gasteiger partial charge < -0.3 is 10.0 Å². The van der Waals surface area contributed by atoms with E-state index < -0.39 is 5.97 Å². The van der Waals surface area contributed by atoms with Crippen molar-refractivity contribution in [3.63, 3.8) is 0 Å². The highest BCUT2D eigenvalue weighted by molar-refractivity contribution is 7.99. The van der Waals surface area contributed by atoms with Gasteiger partial charge in [-0.3, -0.25) is 9.59 Å². The quantitative estimate of drug-likeness (QED) is 0.801. The van der Waals surface area contributed by atoms with E-state index in [-0.39, 0.29) is 12.3 Å². The largest absolute Gasteiger partial charge is 0.481 e. The van der Waals surface area contributed by atoms with E-state index in [4.69, 9.17) is 16.7 Å². The maximum Gasteiger partial charge on any atom is 0.303 e. The van der Waals surface area contributed by atoms with Crippen LogP contribution >= 0.6 is 23.4 Å². The minimum atomic E-state index is -0.832. The van der Waals surface area contributed by atoms with E-state index in [0.29, 0.717) is 23.7 Å². The second-order valence-electron chi connectivity index (χ2n) is 4.44. The third-order valence-electron chi connectivity index (χ3n) is 2.69. The molecule has 0 spiro atoms. The zero-order valence-electron chi connectivity index (χ0n) is 11.3. The van der Waals surface area contributed by atoms with Gasteiger partial charge in [0, 0.05) is 30.8 Å². The number of thioether (sulfide) groups is 1. The Morgan fingerprint density at radius 3 is 2.80 bits per heavy atom. The zero-order chi connectivity index (χ0) is 15.0. The smallest absolute Gasteiger partial charge is 0.303 e. The molecule has 1 N–H and O–H groups in total. The first-order valence-corrected chi connectivity index (χ1v) is 7.80. The lowest BCUT2D eigenvalue weighted by Crippen LogP contribution is -2.29. The maximum absolute atomic E-state index is 11.8. The number of amides is 1. The molecule has 1 amide bonds. The second kappa shape index (κ2) is 8.87. The fraction of sp³-hybridized carbons (Fsp3) is 0.429. The summed E-state index contributed by atoms with van der Waals surface area (Å²) in [6.45, 7) is 0.475. The highest BCUT2D eigenvalue weighted by Gasteiger charge is 2.09. The summed E-state index contributed by atoms with van der Waals surface area (Å²) in [6, 6.07) is 7.56. The Hall–Kier alpha value is -1.20. The van der Waals surface area contributed by atoms with Crippen LogP contribution in [-0.4, -0.2) is 41.2 Å². The summed E-state index contributed by atoms with van der Waals surface area (Å²) < 4.78 is 0. The number of carbonyl (C=O) groups is 2. The lowest BCUT2D eigenvalue weighted by molar-refractivity contribution is -0.137. The van der Waals surface area contributed by atoms with E-state index >= 15 is 0 Å². The minimum absolute atomic E-state index is 0.0161. The molecule has 0 aliphatic carbocycles. The van der Waals surface area contributed by atoms with E-state index in [1.165, 1.54) is 11.8 Å². The number of carbonyl (C=O) groups excluding carboxylic acids is 1. The van der Waals surface area contributed by atoms with Crippen molar-refractivity contribution < 1.29 is 14.7 Å². The summed E-state index contributed by atoms with van der Waals surface area (Å²) in [5, 5.41) is 9.23. The van der Waals surface area contributed by atoms with Crippen LogP contribution in [0.5, 0.6) is 0 Å². The van der Waals surface area contributed by atoms with Crippen molar-refractivity contribution in [1.29, 1.82) is 0 Å². The Labute approximate surface area is 128 Å².